The van der Waals surface area contributed by atoms with Gasteiger partial charge in [0.1, 0.15) is 6.54 Å². The summed E-state index contributed by atoms with van der Waals surface area (Å²) in [7, 11) is 0. The van der Waals surface area contributed by atoms with Crippen molar-refractivity contribution in [3.8, 4) is 0 Å². The van der Waals surface area contributed by atoms with Gasteiger partial charge >= 0.3 is 0 Å². The van der Waals surface area contributed by atoms with E-state index in [2.05, 4.69) is 16.7 Å². The second-order valence-corrected chi connectivity index (χ2v) is 6.84. The molecule has 0 fully saturated rings. The highest BCUT2D eigenvalue weighted by atomic mass is 16.3. The van der Waals surface area contributed by atoms with Crippen molar-refractivity contribution in [3.05, 3.63) is 90.0 Å². The Balaban J connectivity index is 1.33. The topological polar surface area (TPSA) is 76.3 Å². The molecule has 4 rings (SSSR count). The maximum atomic E-state index is 12.4. The zero-order valence-electron chi connectivity index (χ0n) is 16.0. The smallest absolute Gasteiger partial charge is 0.291 e. The lowest BCUT2D eigenvalue weighted by Crippen LogP contribution is -2.27. The zero-order valence-corrected chi connectivity index (χ0v) is 16.0. The third kappa shape index (κ3) is 4.21. The number of anilines is 1. The van der Waals surface area contributed by atoms with Gasteiger partial charge in [0, 0.05) is 23.4 Å². The van der Waals surface area contributed by atoms with Gasteiger partial charge in [-0.3, -0.25) is 9.59 Å². The zero-order chi connectivity index (χ0) is 20.2. The average Bonchev–Trinajstić information content (AvgIpc) is 3.36. The normalized spacial score (nSPS) is 10.8. The van der Waals surface area contributed by atoms with Crippen molar-refractivity contribution < 1.29 is 14.0 Å². The minimum atomic E-state index is -0.301. The summed E-state index contributed by atoms with van der Waals surface area (Å²) in [5.41, 5.74) is 3.72. The third-order valence-electron chi connectivity index (χ3n) is 4.77. The largest absolute Gasteiger partial charge is 0.459 e. The van der Waals surface area contributed by atoms with E-state index in [1.54, 1.807) is 24.3 Å². The van der Waals surface area contributed by atoms with Crippen molar-refractivity contribution in [2.24, 2.45) is 0 Å². The van der Waals surface area contributed by atoms with Crippen LogP contribution in [0.2, 0.25) is 0 Å². The lowest BCUT2D eigenvalue weighted by atomic mass is 10.2. The van der Waals surface area contributed by atoms with E-state index in [1.807, 2.05) is 47.9 Å². The summed E-state index contributed by atoms with van der Waals surface area (Å²) < 4.78 is 7.08. The summed E-state index contributed by atoms with van der Waals surface area (Å²) in [6, 6.07) is 20.7. The van der Waals surface area contributed by atoms with Crippen LogP contribution in [0.1, 0.15) is 21.8 Å². The van der Waals surface area contributed by atoms with Gasteiger partial charge in [0.05, 0.1) is 6.26 Å². The molecule has 0 bridgehead atoms. The molecule has 6 nitrogen and oxygen atoms in total. The fraction of sp³-hybridized carbons (Fsp3) is 0.130. The number of fused-ring (bicyclic) bond motifs is 1. The SMILES string of the molecule is Cc1cc2ccccc2n1CC(=O)NCc1ccc(NC(=O)c2ccco2)cc1. The Hall–Kier alpha value is -3.80. The number of hydrogen-bond donors (Lipinski definition) is 2. The highest BCUT2D eigenvalue weighted by molar-refractivity contribution is 6.02. The summed E-state index contributed by atoms with van der Waals surface area (Å²) >= 11 is 0. The molecule has 0 aliphatic carbocycles. The first-order valence-electron chi connectivity index (χ1n) is 9.35. The number of nitrogens with zero attached hydrogens (tertiary/aromatic N) is 1. The molecular weight excluding hydrogens is 366 g/mol. The number of furan rings is 1. The number of aromatic nitrogens is 1. The first-order valence-corrected chi connectivity index (χ1v) is 9.35. The van der Waals surface area contributed by atoms with Crippen molar-refractivity contribution in [1.29, 1.82) is 0 Å². The van der Waals surface area contributed by atoms with E-state index >= 15 is 0 Å². The first kappa shape index (κ1) is 18.6. The number of aryl methyl sites for hydroxylation is 1. The monoisotopic (exact) mass is 387 g/mol. The van der Waals surface area contributed by atoms with Crippen molar-refractivity contribution in [3.63, 3.8) is 0 Å². The van der Waals surface area contributed by atoms with Crippen molar-refractivity contribution >= 4 is 28.4 Å². The summed E-state index contributed by atoms with van der Waals surface area (Å²) in [4.78, 5) is 24.4. The van der Waals surface area contributed by atoms with E-state index in [9.17, 15) is 9.59 Å². The highest BCUT2D eigenvalue weighted by Crippen LogP contribution is 2.19. The van der Waals surface area contributed by atoms with Gasteiger partial charge < -0.3 is 19.6 Å². The number of rotatable bonds is 6. The first-order chi connectivity index (χ1) is 14.1. The van der Waals surface area contributed by atoms with Crippen LogP contribution in [-0.2, 0) is 17.9 Å². The van der Waals surface area contributed by atoms with E-state index < -0.39 is 0 Å². The fourth-order valence-electron chi connectivity index (χ4n) is 3.26. The molecule has 2 aromatic carbocycles. The number of para-hydroxylation sites is 1. The minimum Gasteiger partial charge on any atom is -0.459 e. The van der Waals surface area contributed by atoms with Crippen molar-refractivity contribution in [2.45, 2.75) is 20.0 Å². The molecule has 2 aromatic heterocycles. The molecule has 0 aliphatic rings. The van der Waals surface area contributed by atoms with Crippen LogP contribution in [0, 0.1) is 6.92 Å². The predicted molar refractivity (Wildman–Crippen MR) is 112 cm³/mol. The number of carbonyl (C=O) groups is 2. The molecule has 2 N–H and O–H groups in total. The number of hydrogen-bond acceptors (Lipinski definition) is 3. The lowest BCUT2D eigenvalue weighted by molar-refractivity contribution is -0.121. The Morgan fingerprint density at radius 1 is 1.00 bits per heavy atom. The molecule has 4 aromatic rings. The average molecular weight is 387 g/mol. The van der Waals surface area contributed by atoms with Crippen LogP contribution < -0.4 is 10.6 Å². The molecule has 0 saturated carbocycles. The maximum Gasteiger partial charge on any atom is 0.291 e. The van der Waals surface area contributed by atoms with Crippen LogP contribution in [-0.4, -0.2) is 16.4 Å². The van der Waals surface area contributed by atoms with Crippen LogP contribution in [0.5, 0.6) is 0 Å². The van der Waals surface area contributed by atoms with E-state index in [-0.39, 0.29) is 24.1 Å². The molecule has 2 heterocycles. The molecule has 0 unspecified atom stereocenters. The van der Waals surface area contributed by atoms with Crippen LogP contribution >= 0.6 is 0 Å². The Kier molecular flexibility index (Phi) is 5.16. The summed E-state index contributed by atoms with van der Waals surface area (Å²) in [6.07, 6.45) is 1.46. The Morgan fingerprint density at radius 3 is 2.55 bits per heavy atom. The molecule has 146 valence electrons. The summed E-state index contributed by atoms with van der Waals surface area (Å²) in [5, 5.41) is 6.85. The predicted octanol–water partition coefficient (Wildman–Crippen LogP) is 4.11. The fourth-order valence-corrected chi connectivity index (χ4v) is 3.26. The van der Waals surface area contributed by atoms with Crippen LogP contribution in [0.3, 0.4) is 0 Å². The van der Waals surface area contributed by atoms with Gasteiger partial charge in [0.15, 0.2) is 5.76 Å². The van der Waals surface area contributed by atoms with E-state index in [0.29, 0.717) is 12.2 Å². The van der Waals surface area contributed by atoms with Gasteiger partial charge in [-0.25, -0.2) is 0 Å². The van der Waals surface area contributed by atoms with E-state index in [1.165, 1.54) is 6.26 Å². The second-order valence-electron chi connectivity index (χ2n) is 6.84. The summed E-state index contributed by atoms with van der Waals surface area (Å²) in [6.45, 7) is 2.70. The van der Waals surface area contributed by atoms with Gasteiger partial charge in [-0.2, -0.15) is 0 Å². The molecule has 2 amide bonds. The Bertz CT molecular complexity index is 1140. The third-order valence-corrected chi connectivity index (χ3v) is 4.77. The standard InChI is InChI=1S/C23H21N3O3/c1-16-13-18-5-2-3-6-20(18)26(16)15-22(27)24-14-17-8-10-19(11-9-17)25-23(28)21-7-4-12-29-21/h2-13H,14-15H2,1H3,(H,24,27)(H,25,28). The molecule has 0 saturated heterocycles. The Morgan fingerprint density at radius 2 is 1.79 bits per heavy atom. The number of amides is 2. The molecule has 0 spiro atoms. The van der Waals surface area contributed by atoms with Crippen LogP contribution in [0.15, 0.2) is 77.4 Å². The Labute approximate surface area is 168 Å². The van der Waals surface area contributed by atoms with Crippen molar-refractivity contribution in [2.75, 3.05) is 5.32 Å². The van der Waals surface area contributed by atoms with Gasteiger partial charge in [-0.05, 0) is 54.3 Å². The molecular formula is C23H21N3O3. The second kappa shape index (κ2) is 8.06. The molecule has 0 atom stereocenters. The van der Waals surface area contributed by atoms with Gasteiger partial charge in [-0.1, -0.05) is 30.3 Å². The molecule has 6 heteroatoms. The molecule has 29 heavy (non-hydrogen) atoms. The minimum absolute atomic E-state index is 0.0512. The number of benzene rings is 2. The van der Waals surface area contributed by atoms with E-state index in [4.69, 9.17) is 4.42 Å². The quantitative estimate of drug-likeness (QED) is 0.523. The molecule has 0 radical (unpaired) electrons. The van der Waals surface area contributed by atoms with Crippen LogP contribution in [0.25, 0.3) is 10.9 Å². The van der Waals surface area contributed by atoms with E-state index in [0.717, 1.165) is 22.2 Å². The maximum absolute atomic E-state index is 12.4. The van der Waals surface area contributed by atoms with Gasteiger partial charge in [0.25, 0.3) is 5.91 Å². The van der Waals surface area contributed by atoms with Gasteiger partial charge in [0.2, 0.25) is 5.91 Å². The number of nitrogens with one attached hydrogen (secondary N) is 2. The van der Waals surface area contributed by atoms with Gasteiger partial charge in [-0.15, -0.1) is 0 Å². The molecule has 0 aliphatic heterocycles. The summed E-state index contributed by atoms with van der Waals surface area (Å²) in [5.74, 6) is -0.0933. The van der Waals surface area contributed by atoms with Crippen molar-refractivity contribution in [1.82, 2.24) is 9.88 Å². The van der Waals surface area contributed by atoms with Crippen LogP contribution in [0.4, 0.5) is 5.69 Å². The highest BCUT2D eigenvalue weighted by Gasteiger charge is 2.10. The lowest BCUT2D eigenvalue weighted by Gasteiger charge is -2.10. The number of carbonyl (C=O) groups excluding carboxylic acids is 2.